The molecule has 2 rings (SSSR count). The molecule has 2 N–H and O–H groups in total. The van der Waals surface area contributed by atoms with E-state index in [9.17, 15) is 9.59 Å². The summed E-state index contributed by atoms with van der Waals surface area (Å²) in [6.07, 6.45) is 4.11. The summed E-state index contributed by atoms with van der Waals surface area (Å²) >= 11 is 0. The molecule has 6 heteroatoms. The van der Waals surface area contributed by atoms with E-state index in [2.05, 4.69) is 10.2 Å². The Balaban J connectivity index is 1.88. The van der Waals surface area contributed by atoms with E-state index in [-0.39, 0.29) is 18.2 Å². The smallest absolute Gasteiger partial charge is 0.303 e. The van der Waals surface area contributed by atoms with Crippen LogP contribution in [0.3, 0.4) is 0 Å². The molecule has 0 aromatic carbocycles. The molecule has 0 bridgehead atoms. The molecule has 1 aromatic heterocycles. The zero-order chi connectivity index (χ0) is 14.5. The van der Waals surface area contributed by atoms with Gasteiger partial charge in [0.25, 0.3) is 0 Å². The van der Waals surface area contributed by atoms with Crippen molar-refractivity contribution in [2.45, 2.75) is 38.5 Å². The Morgan fingerprint density at radius 3 is 3.00 bits per heavy atom. The minimum absolute atomic E-state index is 0.0452. The maximum atomic E-state index is 12.2. The number of piperidine rings is 1. The maximum Gasteiger partial charge on any atom is 0.303 e. The number of aromatic amines is 1. The summed E-state index contributed by atoms with van der Waals surface area (Å²) in [4.78, 5) is 24.7. The van der Waals surface area contributed by atoms with Gasteiger partial charge in [0, 0.05) is 43.7 Å². The molecular weight excluding hydrogens is 258 g/mol. The van der Waals surface area contributed by atoms with E-state index < -0.39 is 5.97 Å². The van der Waals surface area contributed by atoms with Crippen molar-refractivity contribution in [2.75, 3.05) is 13.1 Å². The summed E-state index contributed by atoms with van der Waals surface area (Å²) in [6, 6.07) is 1.95. The van der Waals surface area contributed by atoms with E-state index in [0.717, 1.165) is 25.1 Å². The number of carbonyl (C=O) groups excluding carboxylic acids is 1. The number of nitrogens with one attached hydrogen (secondary N) is 1. The van der Waals surface area contributed by atoms with Crippen molar-refractivity contribution < 1.29 is 14.7 Å². The first kappa shape index (κ1) is 14.6. The van der Waals surface area contributed by atoms with Gasteiger partial charge in [-0.15, -0.1) is 0 Å². The number of carbonyl (C=O) groups is 2. The SMILES string of the molecule is CC(CC(=O)O)CC(=O)N1CCCC(c2ccn[nH]2)C1. The molecule has 1 fully saturated rings. The van der Waals surface area contributed by atoms with Crippen LogP contribution in [0.25, 0.3) is 0 Å². The summed E-state index contributed by atoms with van der Waals surface area (Å²) in [5.41, 5.74) is 1.07. The van der Waals surface area contributed by atoms with Gasteiger partial charge in [0.1, 0.15) is 0 Å². The molecule has 0 radical (unpaired) electrons. The first-order valence-corrected chi connectivity index (χ1v) is 7.05. The molecule has 0 saturated carbocycles. The largest absolute Gasteiger partial charge is 0.481 e. The van der Waals surface area contributed by atoms with Crippen LogP contribution in [0.4, 0.5) is 0 Å². The van der Waals surface area contributed by atoms with Gasteiger partial charge in [-0.1, -0.05) is 6.92 Å². The normalized spacial score (nSPS) is 20.6. The fraction of sp³-hybridized carbons (Fsp3) is 0.643. The van der Waals surface area contributed by atoms with E-state index in [1.807, 2.05) is 17.9 Å². The van der Waals surface area contributed by atoms with E-state index in [1.54, 1.807) is 6.20 Å². The lowest BCUT2D eigenvalue weighted by Gasteiger charge is -2.32. The van der Waals surface area contributed by atoms with E-state index in [4.69, 9.17) is 5.11 Å². The van der Waals surface area contributed by atoms with E-state index in [1.165, 1.54) is 0 Å². The molecular formula is C14H21N3O3. The lowest BCUT2D eigenvalue weighted by atomic mass is 9.94. The van der Waals surface area contributed by atoms with Gasteiger partial charge in [-0.05, 0) is 24.8 Å². The Bertz CT molecular complexity index is 458. The van der Waals surface area contributed by atoms with Crippen molar-refractivity contribution in [1.82, 2.24) is 15.1 Å². The molecule has 1 aliphatic rings. The highest BCUT2D eigenvalue weighted by atomic mass is 16.4. The Morgan fingerprint density at radius 2 is 2.35 bits per heavy atom. The highest BCUT2D eigenvalue weighted by Crippen LogP contribution is 2.26. The Labute approximate surface area is 118 Å². The van der Waals surface area contributed by atoms with Crippen LogP contribution in [0.5, 0.6) is 0 Å². The number of hydrogen-bond acceptors (Lipinski definition) is 3. The van der Waals surface area contributed by atoms with E-state index in [0.29, 0.717) is 18.9 Å². The standard InChI is InChI=1S/C14H21N3O3/c1-10(8-14(19)20)7-13(18)17-6-2-3-11(9-17)12-4-5-15-16-12/h4-5,10-11H,2-3,6-9H2,1H3,(H,15,16)(H,19,20). The van der Waals surface area contributed by atoms with Crippen molar-refractivity contribution in [2.24, 2.45) is 5.92 Å². The number of likely N-dealkylation sites (tertiary alicyclic amines) is 1. The maximum absolute atomic E-state index is 12.2. The van der Waals surface area contributed by atoms with Gasteiger partial charge >= 0.3 is 5.97 Å². The third-order valence-electron chi connectivity index (χ3n) is 3.78. The number of aromatic nitrogens is 2. The van der Waals surface area contributed by atoms with Crippen LogP contribution in [-0.2, 0) is 9.59 Å². The topological polar surface area (TPSA) is 86.3 Å². The highest BCUT2D eigenvalue weighted by molar-refractivity contribution is 5.77. The predicted octanol–water partition coefficient (Wildman–Crippen LogP) is 1.62. The van der Waals surface area contributed by atoms with Crippen molar-refractivity contribution in [1.29, 1.82) is 0 Å². The third kappa shape index (κ3) is 3.82. The minimum Gasteiger partial charge on any atom is -0.481 e. The molecule has 1 aliphatic heterocycles. The second kappa shape index (κ2) is 6.54. The van der Waals surface area contributed by atoms with Crippen LogP contribution in [0, 0.1) is 5.92 Å². The molecule has 2 atom stereocenters. The van der Waals surface area contributed by atoms with Crippen LogP contribution in [-0.4, -0.2) is 45.2 Å². The summed E-state index contributed by atoms with van der Waals surface area (Å²) in [7, 11) is 0. The second-order valence-electron chi connectivity index (χ2n) is 5.60. The zero-order valence-electron chi connectivity index (χ0n) is 11.7. The zero-order valence-corrected chi connectivity index (χ0v) is 11.7. The van der Waals surface area contributed by atoms with Crippen LogP contribution < -0.4 is 0 Å². The summed E-state index contributed by atoms with van der Waals surface area (Å²) < 4.78 is 0. The molecule has 6 nitrogen and oxygen atoms in total. The Kier molecular flexibility index (Phi) is 4.76. The molecule has 0 spiro atoms. The van der Waals surface area contributed by atoms with Gasteiger partial charge in [0.05, 0.1) is 0 Å². The first-order chi connectivity index (χ1) is 9.56. The lowest BCUT2D eigenvalue weighted by Crippen LogP contribution is -2.39. The molecule has 110 valence electrons. The molecule has 1 aromatic rings. The van der Waals surface area contributed by atoms with Gasteiger partial charge in [0.2, 0.25) is 5.91 Å². The number of carboxylic acid groups (broad SMARTS) is 1. The van der Waals surface area contributed by atoms with Crippen molar-refractivity contribution in [3.8, 4) is 0 Å². The van der Waals surface area contributed by atoms with Gasteiger partial charge in [0.15, 0.2) is 0 Å². The van der Waals surface area contributed by atoms with Crippen molar-refractivity contribution in [3.63, 3.8) is 0 Å². The number of nitrogens with zero attached hydrogens (tertiary/aromatic N) is 2. The quantitative estimate of drug-likeness (QED) is 0.857. The minimum atomic E-state index is -0.848. The molecule has 2 heterocycles. The molecule has 20 heavy (non-hydrogen) atoms. The number of H-pyrrole nitrogens is 1. The third-order valence-corrected chi connectivity index (χ3v) is 3.78. The van der Waals surface area contributed by atoms with Gasteiger partial charge in [-0.2, -0.15) is 5.10 Å². The molecule has 2 unspecified atom stereocenters. The fourth-order valence-electron chi connectivity index (χ4n) is 2.75. The fourth-order valence-corrected chi connectivity index (χ4v) is 2.75. The highest BCUT2D eigenvalue weighted by Gasteiger charge is 2.26. The number of hydrogen-bond donors (Lipinski definition) is 2. The van der Waals surface area contributed by atoms with Gasteiger partial charge in [-0.25, -0.2) is 0 Å². The number of amides is 1. The number of aliphatic carboxylic acids is 1. The van der Waals surface area contributed by atoms with Crippen LogP contribution >= 0.6 is 0 Å². The Morgan fingerprint density at radius 1 is 1.55 bits per heavy atom. The Hall–Kier alpha value is -1.85. The monoisotopic (exact) mass is 279 g/mol. The molecule has 1 amide bonds. The lowest BCUT2D eigenvalue weighted by molar-refractivity contribution is -0.138. The summed E-state index contributed by atoms with van der Waals surface area (Å²) in [5, 5.41) is 15.7. The predicted molar refractivity (Wildman–Crippen MR) is 73.2 cm³/mol. The van der Waals surface area contributed by atoms with Crippen molar-refractivity contribution >= 4 is 11.9 Å². The van der Waals surface area contributed by atoms with Crippen molar-refractivity contribution in [3.05, 3.63) is 18.0 Å². The summed E-state index contributed by atoms with van der Waals surface area (Å²) in [5.74, 6) is -0.597. The van der Waals surface area contributed by atoms with Gasteiger partial charge < -0.3 is 10.0 Å². The molecule has 1 saturated heterocycles. The second-order valence-corrected chi connectivity index (χ2v) is 5.60. The van der Waals surface area contributed by atoms with Gasteiger partial charge in [-0.3, -0.25) is 14.7 Å². The van der Waals surface area contributed by atoms with Crippen LogP contribution in [0.2, 0.25) is 0 Å². The number of carboxylic acids is 1. The summed E-state index contributed by atoms with van der Waals surface area (Å²) in [6.45, 7) is 3.27. The van der Waals surface area contributed by atoms with Crippen LogP contribution in [0.15, 0.2) is 12.3 Å². The number of rotatable bonds is 5. The average molecular weight is 279 g/mol. The first-order valence-electron chi connectivity index (χ1n) is 7.05. The molecule has 0 aliphatic carbocycles. The average Bonchev–Trinajstić information content (AvgIpc) is 2.91. The van der Waals surface area contributed by atoms with Crippen LogP contribution in [0.1, 0.15) is 44.2 Å². The van der Waals surface area contributed by atoms with E-state index >= 15 is 0 Å².